The van der Waals surface area contributed by atoms with Crippen molar-refractivity contribution in [2.45, 2.75) is 13.8 Å². The molecule has 56 heavy (non-hydrogen) atoms. The van der Waals surface area contributed by atoms with Crippen LogP contribution in [0.4, 0.5) is 0 Å². The Kier molecular flexibility index (Phi) is 9.79. The van der Waals surface area contributed by atoms with Crippen LogP contribution in [0.1, 0.15) is 13.8 Å². The molecule has 1 N–H and O–H groups in total. The molecule has 0 unspecified atom stereocenters. The number of carbonyl (C=O) groups is 1. The van der Waals surface area contributed by atoms with Crippen molar-refractivity contribution < 1.29 is 30.0 Å². The molecule has 0 saturated heterocycles. The van der Waals surface area contributed by atoms with Gasteiger partial charge < -0.3 is 10.1 Å². The van der Waals surface area contributed by atoms with E-state index >= 15 is 0 Å². The summed E-state index contributed by atoms with van der Waals surface area (Å²) in [5.41, 5.74) is 6.70. The van der Waals surface area contributed by atoms with E-state index in [1.165, 1.54) is 19.9 Å². The van der Waals surface area contributed by atoms with E-state index in [0.29, 0.717) is 17.7 Å². The number of hydrogen-bond acceptors (Lipinski definition) is 6. The van der Waals surface area contributed by atoms with E-state index in [1.54, 1.807) is 0 Å². The second-order valence-corrected chi connectivity index (χ2v) is 13.3. The Morgan fingerprint density at radius 2 is 1.07 bits per heavy atom. The van der Waals surface area contributed by atoms with Gasteiger partial charge in [0, 0.05) is 53.9 Å². The molecule has 0 fully saturated rings. The molecule has 10 aromatic rings. The van der Waals surface area contributed by atoms with Crippen molar-refractivity contribution in [1.29, 1.82) is 0 Å². The molecule has 10 rings (SSSR count). The molecule has 0 saturated carbocycles. The Morgan fingerprint density at radius 1 is 0.607 bits per heavy atom. The third-order valence-corrected chi connectivity index (χ3v) is 9.55. The monoisotopic (exact) mass is 906 g/mol. The minimum atomic E-state index is -0.125. The van der Waals surface area contributed by atoms with Gasteiger partial charge in [0.05, 0.1) is 27.8 Å². The van der Waals surface area contributed by atoms with Crippen molar-refractivity contribution in [2.24, 2.45) is 0 Å². The van der Waals surface area contributed by atoms with Crippen molar-refractivity contribution in [3.63, 3.8) is 0 Å². The van der Waals surface area contributed by atoms with Crippen LogP contribution in [-0.2, 0) is 24.9 Å². The first-order valence-electron chi connectivity index (χ1n) is 17.9. The number of aromatic nitrogens is 6. The van der Waals surface area contributed by atoms with Crippen LogP contribution in [-0.4, -0.2) is 40.0 Å². The van der Waals surface area contributed by atoms with Crippen LogP contribution in [0.3, 0.4) is 0 Å². The quantitative estimate of drug-likeness (QED) is 0.105. The predicted octanol–water partition coefficient (Wildman–Crippen LogP) is 10.8. The Balaban J connectivity index is 0.000000507. The van der Waals surface area contributed by atoms with E-state index in [1.807, 2.05) is 30.5 Å². The number of aliphatic hydroxyl groups excluding tert-OH is 1. The van der Waals surface area contributed by atoms with Crippen LogP contribution in [0.25, 0.3) is 88.9 Å². The smallest absolute Gasteiger partial charge is 0.240 e. The van der Waals surface area contributed by atoms with E-state index in [-0.39, 0.29) is 31.6 Å². The molecule has 4 aromatic heterocycles. The standard InChI is InChI=1S/C42H25N6.C5H8O2.Ir/c1-2-13-30-26-43-35(25-27(30)12-1)28-14-11-15-29(24-28)40-44-41(47-36-20-7-3-16-31(36)32-17-4-8-21-37(32)47)46-42(45-40)48-38-22-9-5-18-33(38)34-19-6-10-23-39(34)48;1-4(6)3-5(2)7;/h1-13,15-26H;3,6H,1-2H3;/q-1;;. The van der Waals surface area contributed by atoms with Crippen LogP contribution >= 0.6 is 0 Å². The number of benzene rings is 6. The largest absolute Gasteiger partial charge is 0.512 e. The molecular formula is C47H33IrN6O2-. The van der Waals surface area contributed by atoms with Gasteiger partial charge in [-0.05, 0) is 54.6 Å². The number of allylic oxidation sites excluding steroid dienone is 2. The van der Waals surface area contributed by atoms with Gasteiger partial charge in [0.15, 0.2) is 5.78 Å². The van der Waals surface area contributed by atoms with Crippen molar-refractivity contribution in [1.82, 2.24) is 29.1 Å². The average Bonchev–Trinajstić information content (AvgIpc) is 3.73. The number of carbonyl (C=O) groups excluding carboxylic acids is 1. The molecule has 0 amide bonds. The number of ketones is 1. The van der Waals surface area contributed by atoms with Gasteiger partial charge in [0.2, 0.25) is 11.9 Å². The van der Waals surface area contributed by atoms with Crippen LogP contribution in [0.2, 0.25) is 0 Å². The van der Waals surface area contributed by atoms with Gasteiger partial charge in [-0.25, -0.2) is 0 Å². The number of fused-ring (bicyclic) bond motifs is 7. The molecule has 4 heterocycles. The molecule has 0 aliphatic rings. The minimum absolute atomic E-state index is 0. The fourth-order valence-corrected chi connectivity index (χ4v) is 7.24. The zero-order valence-corrected chi connectivity index (χ0v) is 32.8. The van der Waals surface area contributed by atoms with E-state index in [2.05, 4.69) is 137 Å². The molecule has 0 spiro atoms. The van der Waals surface area contributed by atoms with Crippen molar-refractivity contribution in [3.05, 3.63) is 170 Å². The average molecular weight is 906 g/mol. The summed E-state index contributed by atoms with van der Waals surface area (Å²) in [5.74, 6) is 1.60. The molecular weight excluding hydrogens is 873 g/mol. The van der Waals surface area contributed by atoms with Crippen molar-refractivity contribution >= 4 is 60.2 Å². The van der Waals surface area contributed by atoms with E-state index in [9.17, 15) is 4.79 Å². The summed E-state index contributed by atoms with van der Waals surface area (Å²) < 4.78 is 4.29. The summed E-state index contributed by atoms with van der Waals surface area (Å²) >= 11 is 0. The summed E-state index contributed by atoms with van der Waals surface area (Å²) in [5, 5.41) is 15.2. The van der Waals surface area contributed by atoms with Gasteiger partial charge in [-0.1, -0.05) is 109 Å². The van der Waals surface area contributed by atoms with Gasteiger partial charge in [-0.2, -0.15) is 15.0 Å². The maximum Gasteiger partial charge on any atom is 0.240 e. The molecule has 9 heteroatoms. The maximum absolute atomic E-state index is 10.0. The molecule has 0 atom stereocenters. The van der Waals surface area contributed by atoms with Gasteiger partial charge in [-0.15, -0.1) is 29.8 Å². The van der Waals surface area contributed by atoms with Gasteiger partial charge in [0.1, 0.15) is 5.82 Å². The maximum atomic E-state index is 10.0. The molecule has 0 aliphatic heterocycles. The van der Waals surface area contributed by atoms with Crippen LogP contribution < -0.4 is 0 Å². The summed E-state index contributed by atoms with van der Waals surface area (Å²) in [6.45, 7) is 2.85. The third kappa shape index (κ3) is 6.64. The number of para-hydroxylation sites is 4. The fourth-order valence-electron chi connectivity index (χ4n) is 7.24. The Bertz CT molecular complexity index is 2890. The Morgan fingerprint density at radius 3 is 1.54 bits per heavy atom. The van der Waals surface area contributed by atoms with E-state index < -0.39 is 0 Å². The normalized spacial score (nSPS) is 11.5. The summed E-state index contributed by atoms with van der Waals surface area (Å²) in [4.78, 5) is 30.4. The fraction of sp³-hybridized carbons (Fsp3) is 0.0426. The molecule has 0 aliphatic carbocycles. The third-order valence-electron chi connectivity index (χ3n) is 9.55. The topological polar surface area (TPSA) is 98.7 Å². The minimum Gasteiger partial charge on any atom is -0.512 e. The second-order valence-electron chi connectivity index (χ2n) is 13.3. The first-order chi connectivity index (χ1) is 26.9. The number of aliphatic hydroxyl groups is 1. The molecule has 273 valence electrons. The van der Waals surface area contributed by atoms with Gasteiger partial charge in [0.25, 0.3) is 0 Å². The molecule has 0 bridgehead atoms. The van der Waals surface area contributed by atoms with E-state index in [0.717, 1.165) is 71.2 Å². The van der Waals surface area contributed by atoms with Crippen molar-refractivity contribution in [3.8, 4) is 34.5 Å². The summed E-state index contributed by atoms with van der Waals surface area (Å²) in [7, 11) is 0. The van der Waals surface area contributed by atoms with E-state index in [4.69, 9.17) is 25.0 Å². The number of nitrogens with zero attached hydrogens (tertiary/aromatic N) is 6. The number of rotatable bonds is 5. The number of pyridine rings is 1. The van der Waals surface area contributed by atoms with Crippen LogP contribution in [0, 0.1) is 6.07 Å². The second kappa shape index (κ2) is 15.1. The zero-order chi connectivity index (χ0) is 37.5. The summed E-state index contributed by atoms with van der Waals surface area (Å²) in [6, 6.07) is 53.4. The summed E-state index contributed by atoms with van der Waals surface area (Å²) in [6.07, 6.45) is 3.08. The van der Waals surface area contributed by atoms with Crippen LogP contribution in [0.15, 0.2) is 164 Å². The molecule has 1 radical (unpaired) electrons. The Hall–Kier alpha value is -6.80. The number of hydrogen-bond donors (Lipinski definition) is 1. The molecule has 6 aromatic carbocycles. The van der Waals surface area contributed by atoms with Crippen molar-refractivity contribution in [2.75, 3.05) is 0 Å². The Labute approximate surface area is 335 Å². The van der Waals surface area contributed by atoms with Gasteiger partial charge in [-0.3, -0.25) is 13.9 Å². The first kappa shape index (κ1) is 36.2. The van der Waals surface area contributed by atoms with Crippen LogP contribution in [0.5, 0.6) is 0 Å². The van der Waals surface area contributed by atoms with Gasteiger partial charge >= 0.3 is 0 Å². The zero-order valence-electron chi connectivity index (χ0n) is 30.4. The molecule has 8 nitrogen and oxygen atoms in total. The predicted molar refractivity (Wildman–Crippen MR) is 221 cm³/mol. The first-order valence-corrected chi connectivity index (χ1v) is 17.9. The SMILES string of the molecule is CC(=O)C=C(C)O.[Ir].[c-]1ccc(-c2nc(-n3c4ccccc4c4ccccc43)nc(-n3c4ccccc4c4ccccc43)n2)cc1-c1cc2ccccc2cn1.